The highest BCUT2D eigenvalue weighted by Gasteiger charge is 2.22. The number of rotatable bonds is 6. The van der Waals surface area contributed by atoms with E-state index in [2.05, 4.69) is 10.3 Å². The third-order valence-electron chi connectivity index (χ3n) is 4.92. The van der Waals surface area contributed by atoms with Gasteiger partial charge < -0.3 is 20.9 Å². The number of fused-ring (bicyclic) bond motifs is 1. The molecule has 0 aliphatic rings. The molecule has 158 valence electrons. The molecule has 31 heavy (non-hydrogen) atoms. The molecule has 4 N–H and O–H groups in total. The van der Waals surface area contributed by atoms with E-state index >= 15 is 0 Å². The zero-order valence-corrected chi connectivity index (χ0v) is 17.0. The maximum Gasteiger partial charge on any atom is 0.255 e. The van der Waals surface area contributed by atoms with Crippen molar-refractivity contribution in [1.82, 2.24) is 9.38 Å². The van der Waals surface area contributed by atoms with Crippen LogP contribution in [0.4, 0.5) is 15.9 Å². The van der Waals surface area contributed by atoms with E-state index in [1.54, 1.807) is 22.6 Å². The molecule has 0 aliphatic carbocycles. The summed E-state index contributed by atoms with van der Waals surface area (Å²) in [5.41, 5.74) is 9.09. The van der Waals surface area contributed by atoms with Gasteiger partial charge in [-0.05, 0) is 49.2 Å². The van der Waals surface area contributed by atoms with Gasteiger partial charge in [0.15, 0.2) is 6.61 Å². The number of nitrogens with one attached hydrogen (secondary N) is 1. The summed E-state index contributed by atoms with van der Waals surface area (Å²) >= 11 is 0. The van der Waals surface area contributed by atoms with Crippen LogP contribution in [0.1, 0.15) is 11.1 Å². The van der Waals surface area contributed by atoms with Gasteiger partial charge in [-0.3, -0.25) is 9.20 Å². The third kappa shape index (κ3) is 3.87. The number of nitrogens with zero attached hydrogens (tertiary/aromatic N) is 2. The van der Waals surface area contributed by atoms with E-state index in [9.17, 15) is 14.3 Å². The summed E-state index contributed by atoms with van der Waals surface area (Å²) in [5.74, 6) is -0.524. The Morgan fingerprint density at radius 3 is 2.58 bits per heavy atom. The van der Waals surface area contributed by atoms with Crippen molar-refractivity contribution in [3.63, 3.8) is 0 Å². The van der Waals surface area contributed by atoms with E-state index < -0.39 is 11.7 Å². The molecule has 4 aromatic rings. The molecule has 0 spiro atoms. The number of aromatic nitrogens is 2. The second-order valence-corrected chi connectivity index (χ2v) is 7.18. The maximum absolute atomic E-state index is 14.1. The molecule has 0 saturated carbocycles. The molecular weight excluding hydrogens is 399 g/mol. The fourth-order valence-electron chi connectivity index (χ4n) is 3.47. The van der Waals surface area contributed by atoms with Crippen LogP contribution >= 0.6 is 0 Å². The van der Waals surface area contributed by atoms with Crippen LogP contribution in [0.15, 0.2) is 54.7 Å². The molecule has 0 aliphatic heterocycles. The largest absolute Gasteiger partial charge is 0.507 e. The van der Waals surface area contributed by atoms with Crippen molar-refractivity contribution in [2.45, 2.75) is 13.8 Å². The van der Waals surface area contributed by atoms with Gasteiger partial charge in [-0.1, -0.05) is 24.3 Å². The van der Waals surface area contributed by atoms with Gasteiger partial charge in [0.2, 0.25) is 0 Å². The Bertz CT molecular complexity index is 1280. The first-order valence-electron chi connectivity index (χ1n) is 9.59. The predicted octanol–water partition coefficient (Wildman–Crippen LogP) is 4.07. The SMILES string of the molecule is Cc1cccc(C)c1Nc1c(-c2c(O)cccc2OCC(N)=O)nc2ccc(F)cn12. The minimum absolute atomic E-state index is 0.101. The molecule has 0 unspecified atom stereocenters. The predicted molar refractivity (Wildman–Crippen MR) is 116 cm³/mol. The molecule has 2 heterocycles. The summed E-state index contributed by atoms with van der Waals surface area (Å²) in [4.78, 5) is 15.8. The molecule has 1 amide bonds. The highest BCUT2D eigenvalue weighted by atomic mass is 19.1. The number of amides is 1. The molecule has 2 aromatic heterocycles. The second-order valence-electron chi connectivity index (χ2n) is 7.18. The molecule has 8 heteroatoms. The highest BCUT2D eigenvalue weighted by molar-refractivity contribution is 5.87. The van der Waals surface area contributed by atoms with E-state index in [4.69, 9.17) is 10.5 Å². The van der Waals surface area contributed by atoms with Crippen LogP contribution < -0.4 is 15.8 Å². The molecule has 4 rings (SSSR count). The van der Waals surface area contributed by atoms with Crippen molar-refractivity contribution < 1.29 is 19.0 Å². The van der Waals surface area contributed by atoms with Gasteiger partial charge >= 0.3 is 0 Å². The lowest BCUT2D eigenvalue weighted by Gasteiger charge is -2.16. The smallest absolute Gasteiger partial charge is 0.255 e. The van der Waals surface area contributed by atoms with Gasteiger partial charge in [0.1, 0.15) is 34.5 Å². The number of hydrogen-bond acceptors (Lipinski definition) is 5. The molecule has 0 radical (unpaired) electrons. The minimum Gasteiger partial charge on any atom is -0.507 e. The zero-order valence-electron chi connectivity index (χ0n) is 17.0. The highest BCUT2D eigenvalue weighted by Crippen LogP contribution is 2.42. The first-order valence-corrected chi connectivity index (χ1v) is 9.59. The number of phenols is 1. The molecular formula is C23H21FN4O3. The number of phenolic OH excluding ortho intramolecular Hbond substituents is 1. The second kappa shape index (κ2) is 7.98. The summed E-state index contributed by atoms with van der Waals surface area (Å²) in [6.07, 6.45) is 1.31. The van der Waals surface area contributed by atoms with Gasteiger partial charge in [-0.15, -0.1) is 0 Å². The molecule has 0 saturated heterocycles. The Balaban J connectivity index is 1.96. The summed E-state index contributed by atoms with van der Waals surface area (Å²) in [6.45, 7) is 3.55. The summed E-state index contributed by atoms with van der Waals surface area (Å²) < 4.78 is 21.2. The van der Waals surface area contributed by atoms with Crippen LogP contribution in [0.2, 0.25) is 0 Å². The number of benzene rings is 2. The monoisotopic (exact) mass is 420 g/mol. The van der Waals surface area contributed by atoms with Gasteiger partial charge in [0, 0.05) is 11.9 Å². The zero-order chi connectivity index (χ0) is 22.1. The van der Waals surface area contributed by atoms with Crippen molar-refractivity contribution in [2.24, 2.45) is 5.73 Å². The number of primary amides is 1. The van der Waals surface area contributed by atoms with E-state index in [1.165, 1.54) is 18.3 Å². The van der Waals surface area contributed by atoms with Crippen LogP contribution in [-0.2, 0) is 4.79 Å². The van der Waals surface area contributed by atoms with Crippen LogP contribution in [0.25, 0.3) is 16.9 Å². The minimum atomic E-state index is -0.653. The quantitative estimate of drug-likeness (QED) is 0.436. The van der Waals surface area contributed by atoms with Crippen molar-refractivity contribution in [3.8, 4) is 22.8 Å². The number of pyridine rings is 1. The topological polar surface area (TPSA) is 102 Å². The number of carbonyl (C=O) groups is 1. The average Bonchev–Trinajstić information content (AvgIpc) is 3.06. The van der Waals surface area contributed by atoms with E-state index in [0.717, 1.165) is 16.8 Å². The molecule has 0 atom stereocenters. The van der Waals surface area contributed by atoms with Crippen LogP contribution in [-0.4, -0.2) is 27.0 Å². The number of ether oxygens (including phenoxy) is 1. The first kappa shape index (κ1) is 20.2. The Labute approximate surface area is 177 Å². The average molecular weight is 420 g/mol. The summed E-state index contributed by atoms with van der Waals surface area (Å²) in [5, 5.41) is 14.0. The number of para-hydroxylation sites is 1. The molecule has 0 bridgehead atoms. The van der Waals surface area contributed by atoms with E-state index in [0.29, 0.717) is 17.2 Å². The van der Waals surface area contributed by atoms with Crippen molar-refractivity contribution >= 4 is 23.1 Å². The molecule has 7 nitrogen and oxygen atoms in total. The Kier molecular flexibility index (Phi) is 5.21. The molecule has 2 aromatic carbocycles. The molecule has 0 fully saturated rings. The van der Waals surface area contributed by atoms with Crippen molar-refractivity contribution in [3.05, 3.63) is 71.7 Å². The number of hydrogen-bond donors (Lipinski definition) is 3. The standard InChI is InChI=1S/C23H21FN4O3/c1-13-5-3-6-14(2)21(13)27-23-22(26-19-10-9-15(24)11-28(19)23)20-16(29)7-4-8-17(20)31-12-18(25)30/h3-11,27,29H,12H2,1-2H3,(H2,25,30). The maximum atomic E-state index is 14.1. The van der Waals surface area contributed by atoms with Gasteiger partial charge in [0.25, 0.3) is 5.91 Å². The van der Waals surface area contributed by atoms with E-state index in [1.807, 2.05) is 32.0 Å². The lowest BCUT2D eigenvalue weighted by Crippen LogP contribution is -2.20. The fraction of sp³-hybridized carbons (Fsp3) is 0.130. The number of imidazole rings is 1. The normalized spacial score (nSPS) is 10.9. The Hall–Kier alpha value is -4.07. The fourth-order valence-corrected chi connectivity index (χ4v) is 3.47. The first-order chi connectivity index (χ1) is 14.8. The van der Waals surface area contributed by atoms with Crippen LogP contribution in [0.3, 0.4) is 0 Å². The van der Waals surface area contributed by atoms with Crippen molar-refractivity contribution in [2.75, 3.05) is 11.9 Å². The summed E-state index contributed by atoms with van der Waals surface area (Å²) in [7, 11) is 0. The Morgan fingerprint density at radius 2 is 1.87 bits per heavy atom. The number of aryl methyl sites for hydroxylation is 2. The van der Waals surface area contributed by atoms with E-state index in [-0.39, 0.29) is 23.7 Å². The van der Waals surface area contributed by atoms with Crippen molar-refractivity contribution in [1.29, 1.82) is 0 Å². The number of aromatic hydroxyl groups is 1. The van der Waals surface area contributed by atoms with Gasteiger partial charge in [-0.2, -0.15) is 0 Å². The lowest BCUT2D eigenvalue weighted by molar-refractivity contribution is -0.119. The van der Waals surface area contributed by atoms with Crippen LogP contribution in [0.5, 0.6) is 11.5 Å². The summed E-state index contributed by atoms with van der Waals surface area (Å²) in [6, 6.07) is 13.4. The number of nitrogens with two attached hydrogens (primary N) is 1. The number of anilines is 2. The lowest BCUT2D eigenvalue weighted by atomic mass is 10.1. The van der Waals surface area contributed by atoms with Gasteiger partial charge in [0.05, 0.1) is 5.56 Å². The van der Waals surface area contributed by atoms with Crippen LogP contribution in [0, 0.1) is 19.7 Å². The Morgan fingerprint density at radius 1 is 1.16 bits per heavy atom. The number of halogens is 1. The van der Waals surface area contributed by atoms with Gasteiger partial charge in [-0.25, -0.2) is 9.37 Å². The third-order valence-corrected chi connectivity index (χ3v) is 4.92. The number of carbonyl (C=O) groups excluding carboxylic acids is 1.